The Morgan fingerprint density at radius 1 is 1.31 bits per heavy atom. The van der Waals surface area contributed by atoms with Crippen LogP contribution < -0.4 is 5.73 Å². The molecule has 0 amide bonds. The third-order valence-electron chi connectivity index (χ3n) is 3.11. The molecule has 1 aromatic rings. The number of halogens is 1. The lowest BCUT2D eigenvalue weighted by atomic mass is 9.89. The highest BCUT2D eigenvalue weighted by Crippen LogP contribution is 2.26. The zero-order chi connectivity index (χ0) is 11.4. The summed E-state index contributed by atoms with van der Waals surface area (Å²) in [6.45, 7) is 0. The highest BCUT2D eigenvalue weighted by atomic mass is 35.5. The van der Waals surface area contributed by atoms with Crippen molar-refractivity contribution in [2.45, 2.75) is 32.1 Å². The number of nitrogens with two attached hydrogens (primary N) is 1. The third-order valence-corrected chi connectivity index (χ3v) is 3.32. The Morgan fingerprint density at radius 3 is 2.81 bits per heavy atom. The third kappa shape index (κ3) is 2.99. The summed E-state index contributed by atoms with van der Waals surface area (Å²) in [5, 5.41) is 0.637. The maximum atomic E-state index is 5.89. The predicted octanol–water partition coefficient (Wildman–Crippen LogP) is 3.91. The van der Waals surface area contributed by atoms with Gasteiger partial charge in [0.2, 0.25) is 0 Å². The second-order valence-electron chi connectivity index (χ2n) is 4.39. The summed E-state index contributed by atoms with van der Waals surface area (Å²) in [5.74, 6) is 1.25. The highest BCUT2D eigenvalue weighted by Gasteiger charge is 2.09. The molecule has 1 saturated carbocycles. The number of pyridine rings is 1. The first-order valence-corrected chi connectivity index (χ1v) is 6.23. The molecule has 0 aliphatic heterocycles. The normalized spacial score (nSPS) is 18.1. The molecule has 1 aromatic heterocycles. The van der Waals surface area contributed by atoms with E-state index >= 15 is 0 Å². The fourth-order valence-electron chi connectivity index (χ4n) is 2.17. The molecule has 1 aliphatic carbocycles. The van der Waals surface area contributed by atoms with Crippen molar-refractivity contribution in [3.05, 3.63) is 28.9 Å². The lowest BCUT2D eigenvalue weighted by molar-refractivity contribution is 0.420. The molecule has 0 spiro atoms. The minimum absolute atomic E-state index is 0.552. The Hall–Kier alpha value is -1.02. The number of hydrogen-bond acceptors (Lipinski definition) is 2. The molecule has 3 heteroatoms. The minimum atomic E-state index is 0.552. The molecule has 2 rings (SSSR count). The molecule has 1 fully saturated rings. The molecule has 86 valence electrons. The Balaban J connectivity index is 2.07. The lowest BCUT2D eigenvalue weighted by Crippen LogP contribution is -2.02. The van der Waals surface area contributed by atoms with Gasteiger partial charge in [-0.3, -0.25) is 0 Å². The molecule has 0 unspecified atom stereocenters. The van der Waals surface area contributed by atoms with Gasteiger partial charge in [-0.15, -0.1) is 0 Å². The molecule has 2 nitrogen and oxygen atoms in total. The summed E-state index contributed by atoms with van der Waals surface area (Å²) in [6.07, 6.45) is 12.6. The molecular formula is C13H17ClN2. The van der Waals surface area contributed by atoms with E-state index in [0.717, 1.165) is 5.56 Å². The number of nitrogens with zero attached hydrogens (tertiary/aromatic N) is 1. The van der Waals surface area contributed by atoms with E-state index in [1.807, 2.05) is 6.07 Å². The fraction of sp³-hybridized carbons (Fsp3) is 0.462. The van der Waals surface area contributed by atoms with Crippen LogP contribution in [-0.2, 0) is 0 Å². The van der Waals surface area contributed by atoms with Crippen molar-refractivity contribution in [1.29, 1.82) is 0 Å². The second-order valence-corrected chi connectivity index (χ2v) is 4.82. The van der Waals surface area contributed by atoms with Gasteiger partial charge in [-0.2, -0.15) is 0 Å². The maximum Gasteiger partial charge on any atom is 0.130 e. The number of aromatic nitrogens is 1. The van der Waals surface area contributed by atoms with E-state index in [-0.39, 0.29) is 0 Å². The van der Waals surface area contributed by atoms with Crippen LogP contribution in [0.5, 0.6) is 0 Å². The molecule has 16 heavy (non-hydrogen) atoms. The second kappa shape index (κ2) is 5.35. The topological polar surface area (TPSA) is 38.9 Å². The average Bonchev–Trinajstić information content (AvgIpc) is 2.32. The molecule has 0 bridgehead atoms. The largest absolute Gasteiger partial charge is 0.383 e. The van der Waals surface area contributed by atoms with Crippen LogP contribution in [0, 0.1) is 5.92 Å². The molecular weight excluding hydrogens is 220 g/mol. The van der Waals surface area contributed by atoms with E-state index < -0.39 is 0 Å². The van der Waals surface area contributed by atoms with Gasteiger partial charge in [-0.25, -0.2) is 4.98 Å². The maximum absolute atomic E-state index is 5.89. The number of hydrogen-bond donors (Lipinski definition) is 1. The van der Waals surface area contributed by atoms with Gasteiger partial charge in [0.25, 0.3) is 0 Å². The van der Waals surface area contributed by atoms with E-state index in [2.05, 4.69) is 17.1 Å². The SMILES string of the molecule is Nc1ncc(Cl)cc1C=CC1CCCCC1. The van der Waals surface area contributed by atoms with Crippen LogP contribution in [0.2, 0.25) is 5.02 Å². The zero-order valence-electron chi connectivity index (χ0n) is 9.32. The first-order valence-electron chi connectivity index (χ1n) is 5.85. The summed E-state index contributed by atoms with van der Waals surface area (Å²) in [5.41, 5.74) is 6.71. The van der Waals surface area contributed by atoms with Gasteiger partial charge in [0, 0.05) is 11.8 Å². The van der Waals surface area contributed by atoms with Gasteiger partial charge < -0.3 is 5.73 Å². The van der Waals surface area contributed by atoms with Crippen molar-refractivity contribution < 1.29 is 0 Å². The van der Waals surface area contributed by atoms with Crippen molar-refractivity contribution >= 4 is 23.5 Å². The number of nitrogen functional groups attached to an aromatic ring is 1. The number of allylic oxidation sites excluding steroid dienone is 1. The van der Waals surface area contributed by atoms with Gasteiger partial charge in [0.15, 0.2) is 0 Å². The van der Waals surface area contributed by atoms with Crippen LogP contribution in [0.3, 0.4) is 0 Å². The van der Waals surface area contributed by atoms with E-state index in [9.17, 15) is 0 Å². The quantitative estimate of drug-likeness (QED) is 0.846. The van der Waals surface area contributed by atoms with Crippen LogP contribution in [0.25, 0.3) is 6.08 Å². The number of rotatable bonds is 2. The van der Waals surface area contributed by atoms with Crippen LogP contribution in [0.1, 0.15) is 37.7 Å². The Kier molecular flexibility index (Phi) is 3.83. The van der Waals surface area contributed by atoms with E-state index in [1.165, 1.54) is 32.1 Å². The fourth-order valence-corrected chi connectivity index (χ4v) is 2.33. The summed E-state index contributed by atoms with van der Waals surface area (Å²) >= 11 is 5.89. The smallest absolute Gasteiger partial charge is 0.130 e. The van der Waals surface area contributed by atoms with Gasteiger partial charge in [-0.1, -0.05) is 43.0 Å². The van der Waals surface area contributed by atoms with Crippen LogP contribution >= 0.6 is 11.6 Å². The zero-order valence-corrected chi connectivity index (χ0v) is 10.1. The molecule has 0 radical (unpaired) electrons. The van der Waals surface area contributed by atoms with Crippen LogP contribution in [-0.4, -0.2) is 4.98 Å². The standard InChI is InChI=1S/C13H17ClN2/c14-12-8-11(13(15)16-9-12)7-6-10-4-2-1-3-5-10/h6-10H,1-5H2,(H2,15,16). The predicted molar refractivity (Wildman–Crippen MR) is 69.3 cm³/mol. The Morgan fingerprint density at radius 2 is 2.06 bits per heavy atom. The Bertz CT molecular complexity index is 382. The summed E-state index contributed by atoms with van der Waals surface area (Å²) in [6, 6.07) is 1.86. The van der Waals surface area contributed by atoms with Crippen LogP contribution in [0.4, 0.5) is 5.82 Å². The van der Waals surface area contributed by atoms with Crippen molar-refractivity contribution in [1.82, 2.24) is 4.98 Å². The Labute approximate surface area is 102 Å². The summed E-state index contributed by atoms with van der Waals surface area (Å²) in [4.78, 5) is 4.04. The summed E-state index contributed by atoms with van der Waals surface area (Å²) < 4.78 is 0. The van der Waals surface area contributed by atoms with E-state index in [1.54, 1.807) is 6.20 Å². The van der Waals surface area contributed by atoms with Gasteiger partial charge in [0.1, 0.15) is 5.82 Å². The van der Waals surface area contributed by atoms with Gasteiger partial charge in [-0.05, 0) is 24.8 Å². The molecule has 2 N–H and O–H groups in total. The average molecular weight is 237 g/mol. The van der Waals surface area contributed by atoms with Gasteiger partial charge in [0.05, 0.1) is 5.02 Å². The van der Waals surface area contributed by atoms with E-state index in [4.69, 9.17) is 17.3 Å². The van der Waals surface area contributed by atoms with Crippen molar-refractivity contribution in [3.8, 4) is 0 Å². The van der Waals surface area contributed by atoms with Crippen molar-refractivity contribution in [3.63, 3.8) is 0 Å². The highest BCUT2D eigenvalue weighted by molar-refractivity contribution is 6.30. The number of anilines is 1. The van der Waals surface area contributed by atoms with Crippen LogP contribution in [0.15, 0.2) is 18.3 Å². The van der Waals surface area contributed by atoms with E-state index in [0.29, 0.717) is 16.8 Å². The first kappa shape index (κ1) is 11.5. The van der Waals surface area contributed by atoms with Gasteiger partial charge >= 0.3 is 0 Å². The molecule has 1 heterocycles. The van der Waals surface area contributed by atoms with Crippen molar-refractivity contribution in [2.75, 3.05) is 5.73 Å². The van der Waals surface area contributed by atoms with Crippen molar-refractivity contribution in [2.24, 2.45) is 5.92 Å². The lowest BCUT2D eigenvalue weighted by Gasteiger charge is -2.17. The molecule has 0 atom stereocenters. The summed E-state index contributed by atoms with van der Waals surface area (Å²) in [7, 11) is 0. The minimum Gasteiger partial charge on any atom is -0.383 e. The monoisotopic (exact) mass is 236 g/mol. The molecule has 0 aromatic carbocycles. The molecule has 0 saturated heterocycles. The molecule has 1 aliphatic rings. The first-order chi connectivity index (χ1) is 7.75.